The van der Waals surface area contributed by atoms with E-state index in [4.69, 9.17) is 5.73 Å². The number of benzene rings is 1. The monoisotopic (exact) mass is 201 g/mol. The molecule has 0 saturated heterocycles. The summed E-state index contributed by atoms with van der Waals surface area (Å²) in [6.45, 7) is 0. The van der Waals surface area contributed by atoms with Gasteiger partial charge in [-0.3, -0.25) is 0 Å². The SMILES string of the molecule is NC(CC1CC1)C1CCc2ccccc21. The first kappa shape index (κ1) is 9.41. The van der Waals surface area contributed by atoms with Gasteiger partial charge in [-0.25, -0.2) is 0 Å². The van der Waals surface area contributed by atoms with Crippen molar-refractivity contribution in [1.82, 2.24) is 0 Å². The molecule has 2 unspecified atom stereocenters. The van der Waals surface area contributed by atoms with Crippen molar-refractivity contribution in [3.05, 3.63) is 35.4 Å². The average Bonchev–Trinajstić information content (AvgIpc) is 2.96. The molecule has 2 N–H and O–H groups in total. The summed E-state index contributed by atoms with van der Waals surface area (Å²) in [6, 6.07) is 9.24. The Hall–Kier alpha value is -0.820. The van der Waals surface area contributed by atoms with Crippen molar-refractivity contribution in [1.29, 1.82) is 0 Å². The molecule has 0 heterocycles. The average molecular weight is 201 g/mol. The van der Waals surface area contributed by atoms with Crippen LogP contribution in [-0.4, -0.2) is 6.04 Å². The molecule has 1 fully saturated rings. The number of rotatable bonds is 3. The first-order chi connectivity index (χ1) is 7.34. The van der Waals surface area contributed by atoms with Gasteiger partial charge in [0.15, 0.2) is 0 Å². The lowest BCUT2D eigenvalue weighted by atomic mass is 9.90. The maximum absolute atomic E-state index is 6.33. The third-order valence-corrected chi connectivity index (χ3v) is 4.00. The zero-order valence-electron chi connectivity index (χ0n) is 9.15. The summed E-state index contributed by atoms with van der Waals surface area (Å²) in [7, 11) is 0. The maximum Gasteiger partial charge on any atom is 0.0111 e. The standard InChI is InChI=1S/C14H19N/c15-14(9-10-5-6-10)13-8-7-11-3-1-2-4-12(11)13/h1-4,10,13-14H,5-9,15H2. The van der Waals surface area contributed by atoms with Crippen LogP contribution in [0.1, 0.15) is 42.7 Å². The minimum atomic E-state index is 0.404. The third-order valence-electron chi connectivity index (χ3n) is 4.00. The van der Waals surface area contributed by atoms with Crippen molar-refractivity contribution in [2.45, 2.75) is 44.1 Å². The normalized spacial score (nSPS) is 26.3. The molecule has 2 atom stereocenters. The molecule has 15 heavy (non-hydrogen) atoms. The van der Waals surface area contributed by atoms with E-state index in [0.29, 0.717) is 12.0 Å². The van der Waals surface area contributed by atoms with Gasteiger partial charge in [-0.2, -0.15) is 0 Å². The fourth-order valence-corrected chi connectivity index (χ4v) is 2.94. The van der Waals surface area contributed by atoms with Crippen molar-refractivity contribution in [3.8, 4) is 0 Å². The fraction of sp³-hybridized carbons (Fsp3) is 0.571. The lowest BCUT2D eigenvalue weighted by Crippen LogP contribution is -2.27. The second-order valence-corrected chi connectivity index (χ2v) is 5.19. The largest absolute Gasteiger partial charge is 0.327 e. The molecular weight excluding hydrogens is 182 g/mol. The zero-order valence-corrected chi connectivity index (χ0v) is 9.15. The maximum atomic E-state index is 6.33. The number of hydrogen-bond acceptors (Lipinski definition) is 1. The Morgan fingerprint density at radius 2 is 2.00 bits per heavy atom. The van der Waals surface area contributed by atoms with Gasteiger partial charge in [0.2, 0.25) is 0 Å². The predicted octanol–water partition coefficient (Wildman–Crippen LogP) is 2.84. The summed E-state index contributed by atoms with van der Waals surface area (Å²) in [5.74, 6) is 1.59. The predicted molar refractivity (Wildman–Crippen MR) is 62.8 cm³/mol. The van der Waals surface area contributed by atoms with Crippen LogP contribution in [0.4, 0.5) is 0 Å². The van der Waals surface area contributed by atoms with Crippen LogP contribution in [0.15, 0.2) is 24.3 Å². The van der Waals surface area contributed by atoms with E-state index in [9.17, 15) is 0 Å². The molecule has 1 aromatic rings. The first-order valence-corrected chi connectivity index (χ1v) is 6.18. The Labute approximate surface area is 91.7 Å². The van der Waals surface area contributed by atoms with Gasteiger partial charge in [0, 0.05) is 6.04 Å². The highest BCUT2D eigenvalue weighted by atomic mass is 14.7. The van der Waals surface area contributed by atoms with Gasteiger partial charge in [-0.05, 0) is 42.2 Å². The Morgan fingerprint density at radius 1 is 1.20 bits per heavy atom. The van der Waals surface area contributed by atoms with Gasteiger partial charge >= 0.3 is 0 Å². The van der Waals surface area contributed by atoms with Crippen molar-refractivity contribution in [3.63, 3.8) is 0 Å². The van der Waals surface area contributed by atoms with Gasteiger partial charge in [0.25, 0.3) is 0 Å². The van der Waals surface area contributed by atoms with Crippen LogP contribution in [0.3, 0.4) is 0 Å². The molecule has 0 spiro atoms. The van der Waals surface area contributed by atoms with Crippen molar-refractivity contribution < 1.29 is 0 Å². The second-order valence-electron chi connectivity index (χ2n) is 5.19. The molecule has 0 aliphatic heterocycles. The quantitative estimate of drug-likeness (QED) is 0.799. The number of hydrogen-bond donors (Lipinski definition) is 1. The van der Waals surface area contributed by atoms with E-state index in [-0.39, 0.29) is 0 Å². The van der Waals surface area contributed by atoms with Crippen LogP contribution < -0.4 is 5.73 Å². The second kappa shape index (κ2) is 3.64. The summed E-state index contributed by atoms with van der Waals surface area (Å²) >= 11 is 0. The lowest BCUT2D eigenvalue weighted by Gasteiger charge is -2.20. The van der Waals surface area contributed by atoms with Crippen LogP contribution in [0.25, 0.3) is 0 Å². The van der Waals surface area contributed by atoms with E-state index in [1.165, 1.54) is 43.2 Å². The summed E-state index contributed by atoms with van der Waals surface area (Å²) < 4.78 is 0. The van der Waals surface area contributed by atoms with E-state index in [1.807, 2.05) is 0 Å². The molecule has 1 nitrogen and oxygen atoms in total. The van der Waals surface area contributed by atoms with Gasteiger partial charge in [-0.15, -0.1) is 0 Å². The van der Waals surface area contributed by atoms with E-state index in [2.05, 4.69) is 24.3 Å². The Balaban J connectivity index is 1.77. The molecule has 2 aliphatic carbocycles. The van der Waals surface area contributed by atoms with Crippen molar-refractivity contribution in [2.75, 3.05) is 0 Å². The lowest BCUT2D eigenvalue weighted by molar-refractivity contribution is 0.473. The molecular formula is C14H19N. The van der Waals surface area contributed by atoms with E-state index < -0.39 is 0 Å². The molecule has 2 aliphatic rings. The number of nitrogens with two attached hydrogens (primary N) is 1. The molecule has 1 saturated carbocycles. The van der Waals surface area contributed by atoms with Crippen LogP contribution in [0.2, 0.25) is 0 Å². The number of fused-ring (bicyclic) bond motifs is 1. The topological polar surface area (TPSA) is 26.0 Å². The van der Waals surface area contributed by atoms with Gasteiger partial charge in [0.05, 0.1) is 0 Å². The van der Waals surface area contributed by atoms with Crippen LogP contribution >= 0.6 is 0 Å². The summed E-state index contributed by atoms with van der Waals surface area (Å²) in [5.41, 5.74) is 9.40. The van der Waals surface area contributed by atoms with E-state index in [0.717, 1.165) is 5.92 Å². The summed E-state index contributed by atoms with van der Waals surface area (Å²) in [4.78, 5) is 0. The Morgan fingerprint density at radius 3 is 2.80 bits per heavy atom. The van der Waals surface area contributed by atoms with Crippen molar-refractivity contribution >= 4 is 0 Å². The van der Waals surface area contributed by atoms with Crippen LogP contribution in [-0.2, 0) is 6.42 Å². The smallest absolute Gasteiger partial charge is 0.0111 e. The third kappa shape index (κ3) is 1.81. The fourth-order valence-electron chi connectivity index (χ4n) is 2.94. The highest BCUT2D eigenvalue weighted by molar-refractivity contribution is 5.35. The molecule has 0 amide bonds. The first-order valence-electron chi connectivity index (χ1n) is 6.18. The van der Waals surface area contributed by atoms with E-state index in [1.54, 1.807) is 0 Å². The van der Waals surface area contributed by atoms with Gasteiger partial charge in [0.1, 0.15) is 0 Å². The molecule has 0 radical (unpaired) electrons. The minimum Gasteiger partial charge on any atom is -0.327 e. The van der Waals surface area contributed by atoms with E-state index >= 15 is 0 Å². The molecule has 1 heteroatoms. The summed E-state index contributed by atoms with van der Waals surface area (Å²) in [6.07, 6.45) is 6.59. The zero-order chi connectivity index (χ0) is 10.3. The minimum absolute atomic E-state index is 0.404. The molecule has 0 aromatic heterocycles. The molecule has 80 valence electrons. The molecule has 1 aromatic carbocycles. The van der Waals surface area contributed by atoms with Crippen LogP contribution in [0, 0.1) is 5.92 Å². The van der Waals surface area contributed by atoms with Gasteiger partial charge in [-0.1, -0.05) is 37.1 Å². The van der Waals surface area contributed by atoms with Crippen LogP contribution in [0.5, 0.6) is 0 Å². The summed E-state index contributed by atoms with van der Waals surface area (Å²) in [5, 5.41) is 0. The van der Waals surface area contributed by atoms with Gasteiger partial charge < -0.3 is 5.73 Å². The molecule has 0 bridgehead atoms. The highest BCUT2D eigenvalue weighted by Crippen LogP contribution is 2.40. The van der Waals surface area contributed by atoms with Crippen molar-refractivity contribution in [2.24, 2.45) is 11.7 Å². The Bertz CT molecular complexity index is 354. The molecule has 3 rings (SSSR count). The Kier molecular flexibility index (Phi) is 2.28. The number of aryl methyl sites for hydroxylation is 1. The highest BCUT2D eigenvalue weighted by Gasteiger charge is 2.31.